The van der Waals surface area contributed by atoms with Gasteiger partial charge in [0.15, 0.2) is 0 Å². The van der Waals surface area contributed by atoms with E-state index in [1.54, 1.807) is 12.1 Å². The van der Waals surface area contributed by atoms with Crippen molar-refractivity contribution in [2.75, 3.05) is 5.32 Å². The molecule has 1 heterocycles. The van der Waals surface area contributed by atoms with Crippen LogP contribution in [0.25, 0.3) is 0 Å². The number of halogens is 2. The fourth-order valence-corrected chi connectivity index (χ4v) is 1.98. The van der Waals surface area contributed by atoms with E-state index in [0.29, 0.717) is 12.2 Å². The maximum atomic E-state index is 13.5. The summed E-state index contributed by atoms with van der Waals surface area (Å²) < 4.78 is 16.4. The molecule has 0 aliphatic carbocycles. The highest BCUT2D eigenvalue weighted by Gasteiger charge is 2.02. The number of aromatic nitrogens is 1. The van der Waals surface area contributed by atoms with Gasteiger partial charge in [-0.2, -0.15) is 0 Å². The third-order valence-electron chi connectivity index (χ3n) is 2.59. The van der Waals surface area contributed by atoms with Crippen LogP contribution in [-0.4, -0.2) is 4.57 Å². The summed E-state index contributed by atoms with van der Waals surface area (Å²) in [6, 6.07) is 6.91. The molecule has 4 heteroatoms. The highest BCUT2D eigenvalue weighted by molar-refractivity contribution is 9.10. The summed E-state index contributed by atoms with van der Waals surface area (Å²) in [5, 5.41) is 3.09. The highest BCUT2D eigenvalue weighted by atomic mass is 79.9. The Bertz CT molecular complexity index is 508. The molecule has 0 unspecified atom stereocenters. The van der Waals surface area contributed by atoms with Crippen LogP contribution in [0.1, 0.15) is 12.5 Å². The molecule has 0 radical (unpaired) electrons. The van der Waals surface area contributed by atoms with Crippen LogP contribution in [0, 0.1) is 5.82 Å². The van der Waals surface area contributed by atoms with Gasteiger partial charge >= 0.3 is 0 Å². The van der Waals surface area contributed by atoms with Crippen molar-refractivity contribution >= 4 is 21.6 Å². The van der Waals surface area contributed by atoms with E-state index >= 15 is 0 Å². The lowest BCUT2D eigenvalue weighted by Gasteiger charge is -2.06. The summed E-state index contributed by atoms with van der Waals surface area (Å²) in [4.78, 5) is 0. The predicted molar refractivity (Wildman–Crippen MR) is 71.5 cm³/mol. The largest absolute Gasteiger partial charge is 0.379 e. The van der Waals surface area contributed by atoms with Crippen LogP contribution in [0.15, 0.2) is 41.1 Å². The number of hydrogen-bond donors (Lipinski definition) is 1. The van der Waals surface area contributed by atoms with Crippen molar-refractivity contribution in [2.24, 2.45) is 0 Å². The van der Waals surface area contributed by atoms with Gasteiger partial charge in [-0.25, -0.2) is 4.39 Å². The third kappa shape index (κ3) is 3.09. The first-order valence-corrected chi connectivity index (χ1v) is 6.32. The zero-order chi connectivity index (χ0) is 12.3. The molecule has 2 nitrogen and oxygen atoms in total. The van der Waals surface area contributed by atoms with Gasteiger partial charge in [-0.15, -0.1) is 0 Å². The first-order chi connectivity index (χ1) is 8.19. The molecular formula is C13H14BrFN2. The van der Waals surface area contributed by atoms with E-state index in [1.807, 2.05) is 12.3 Å². The van der Waals surface area contributed by atoms with E-state index in [2.05, 4.69) is 38.9 Å². The fourth-order valence-electron chi connectivity index (χ4n) is 1.62. The van der Waals surface area contributed by atoms with Crippen LogP contribution >= 0.6 is 15.9 Å². The number of nitrogens with one attached hydrogen (secondary N) is 1. The molecule has 0 atom stereocenters. The summed E-state index contributed by atoms with van der Waals surface area (Å²) in [6.07, 6.45) is 4.08. The summed E-state index contributed by atoms with van der Waals surface area (Å²) in [5.41, 5.74) is 1.66. The van der Waals surface area contributed by atoms with E-state index < -0.39 is 0 Å². The Kier molecular flexibility index (Phi) is 3.84. The molecule has 0 fully saturated rings. The lowest BCUT2D eigenvalue weighted by molar-refractivity contribution is 0.630. The van der Waals surface area contributed by atoms with Crippen LogP contribution < -0.4 is 5.32 Å². The van der Waals surface area contributed by atoms with Gasteiger partial charge in [-0.3, -0.25) is 0 Å². The number of aryl methyl sites for hydroxylation is 1. The van der Waals surface area contributed by atoms with Gasteiger partial charge in [-0.1, -0.05) is 15.9 Å². The van der Waals surface area contributed by atoms with E-state index in [0.717, 1.165) is 16.6 Å². The number of anilines is 1. The van der Waals surface area contributed by atoms with Crippen LogP contribution in [-0.2, 0) is 13.1 Å². The van der Waals surface area contributed by atoms with Crippen LogP contribution in [0.2, 0.25) is 0 Å². The average Bonchev–Trinajstić information content (AvgIpc) is 2.78. The monoisotopic (exact) mass is 296 g/mol. The Morgan fingerprint density at radius 3 is 2.88 bits per heavy atom. The SMILES string of the molecule is CCn1ccc(CNc2cc(Br)ccc2F)c1. The van der Waals surface area contributed by atoms with Gasteiger partial charge in [0, 0.05) is 30.0 Å². The number of rotatable bonds is 4. The molecule has 1 aromatic carbocycles. The van der Waals surface area contributed by atoms with Crippen LogP contribution in [0.4, 0.5) is 10.1 Å². The molecule has 90 valence electrons. The molecule has 0 saturated carbocycles. The molecule has 0 saturated heterocycles. The lowest BCUT2D eigenvalue weighted by Crippen LogP contribution is -2.00. The number of hydrogen-bond acceptors (Lipinski definition) is 1. The fraction of sp³-hybridized carbons (Fsp3) is 0.231. The van der Waals surface area contributed by atoms with Gasteiger partial charge in [-0.05, 0) is 36.8 Å². The Labute approximate surface area is 109 Å². The van der Waals surface area contributed by atoms with Crippen molar-refractivity contribution in [3.8, 4) is 0 Å². The first kappa shape index (κ1) is 12.2. The molecule has 17 heavy (non-hydrogen) atoms. The van der Waals surface area contributed by atoms with Crippen molar-refractivity contribution in [3.63, 3.8) is 0 Å². The lowest BCUT2D eigenvalue weighted by atomic mass is 10.3. The minimum Gasteiger partial charge on any atom is -0.379 e. The number of nitrogens with zero attached hydrogens (tertiary/aromatic N) is 1. The van der Waals surface area contributed by atoms with E-state index in [4.69, 9.17) is 0 Å². The molecule has 0 bridgehead atoms. The second kappa shape index (κ2) is 5.36. The highest BCUT2D eigenvalue weighted by Crippen LogP contribution is 2.20. The minimum atomic E-state index is -0.233. The number of benzene rings is 1. The molecule has 1 aromatic heterocycles. The van der Waals surface area contributed by atoms with Gasteiger partial charge in [0.1, 0.15) is 5.82 Å². The Hall–Kier alpha value is -1.29. The van der Waals surface area contributed by atoms with Gasteiger partial charge < -0.3 is 9.88 Å². The molecule has 0 aliphatic heterocycles. The minimum absolute atomic E-state index is 0.233. The van der Waals surface area contributed by atoms with Gasteiger partial charge in [0.05, 0.1) is 5.69 Å². The molecule has 0 aliphatic rings. The summed E-state index contributed by atoms with van der Waals surface area (Å²) in [5.74, 6) is -0.233. The van der Waals surface area contributed by atoms with E-state index in [-0.39, 0.29) is 5.82 Å². The van der Waals surface area contributed by atoms with Gasteiger partial charge in [0.2, 0.25) is 0 Å². The Morgan fingerprint density at radius 2 is 2.18 bits per heavy atom. The molecule has 0 spiro atoms. The van der Waals surface area contributed by atoms with Crippen molar-refractivity contribution in [1.29, 1.82) is 0 Å². The first-order valence-electron chi connectivity index (χ1n) is 5.52. The van der Waals surface area contributed by atoms with Crippen molar-refractivity contribution in [1.82, 2.24) is 4.57 Å². The molecule has 2 aromatic rings. The predicted octanol–water partition coefficient (Wildman–Crippen LogP) is 4.02. The second-order valence-electron chi connectivity index (χ2n) is 3.83. The zero-order valence-corrected chi connectivity index (χ0v) is 11.2. The Balaban J connectivity index is 2.04. The molecular weight excluding hydrogens is 283 g/mol. The van der Waals surface area contributed by atoms with Crippen LogP contribution in [0.5, 0.6) is 0 Å². The van der Waals surface area contributed by atoms with E-state index in [1.165, 1.54) is 6.07 Å². The molecule has 0 amide bonds. The average molecular weight is 297 g/mol. The summed E-state index contributed by atoms with van der Waals surface area (Å²) in [7, 11) is 0. The maximum Gasteiger partial charge on any atom is 0.146 e. The summed E-state index contributed by atoms with van der Waals surface area (Å²) in [6.45, 7) is 3.66. The maximum absolute atomic E-state index is 13.5. The van der Waals surface area contributed by atoms with Gasteiger partial charge in [0.25, 0.3) is 0 Å². The Morgan fingerprint density at radius 1 is 1.35 bits per heavy atom. The second-order valence-corrected chi connectivity index (χ2v) is 4.74. The topological polar surface area (TPSA) is 17.0 Å². The molecule has 2 rings (SSSR count). The van der Waals surface area contributed by atoms with Crippen LogP contribution in [0.3, 0.4) is 0 Å². The standard InChI is InChI=1S/C13H14BrFN2/c1-2-17-6-5-10(9-17)8-16-13-7-11(14)3-4-12(13)15/h3-7,9,16H,2,8H2,1H3. The van der Waals surface area contributed by atoms with Crippen molar-refractivity contribution in [3.05, 3.63) is 52.5 Å². The quantitative estimate of drug-likeness (QED) is 0.902. The van der Waals surface area contributed by atoms with Crippen molar-refractivity contribution < 1.29 is 4.39 Å². The zero-order valence-electron chi connectivity index (χ0n) is 9.58. The van der Waals surface area contributed by atoms with Crippen molar-refractivity contribution in [2.45, 2.75) is 20.0 Å². The molecule has 1 N–H and O–H groups in total. The van der Waals surface area contributed by atoms with E-state index in [9.17, 15) is 4.39 Å². The summed E-state index contributed by atoms with van der Waals surface area (Å²) >= 11 is 3.33. The normalized spacial score (nSPS) is 10.5. The third-order valence-corrected chi connectivity index (χ3v) is 3.08. The smallest absolute Gasteiger partial charge is 0.146 e.